The summed E-state index contributed by atoms with van der Waals surface area (Å²) < 4.78 is 26.5. The molecule has 1 aliphatic rings. The number of rotatable bonds is 4. The molecule has 0 bridgehead atoms. The fraction of sp³-hybridized carbons (Fsp3) is 0.222. The van der Waals surface area contributed by atoms with Crippen molar-refractivity contribution in [3.05, 3.63) is 74.3 Å². The number of hydrogen-bond donors (Lipinski definition) is 1. The van der Waals surface area contributed by atoms with Crippen LogP contribution in [0.1, 0.15) is 23.6 Å². The van der Waals surface area contributed by atoms with Gasteiger partial charge in [0.05, 0.1) is 11.0 Å². The van der Waals surface area contributed by atoms with Gasteiger partial charge in [0.15, 0.2) is 11.6 Å². The van der Waals surface area contributed by atoms with Crippen LogP contribution in [-0.2, 0) is 16.0 Å². The van der Waals surface area contributed by atoms with E-state index in [1.807, 2.05) is 0 Å². The van der Waals surface area contributed by atoms with Crippen molar-refractivity contribution in [3.63, 3.8) is 0 Å². The smallest absolute Gasteiger partial charge is 0.274 e. The third-order valence-electron chi connectivity index (χ3n) is 4.44. The first-order valence-electron chi connectivity index (χ1n) is 7.97. The van der Waals surface area contributed by atoms with E-state index in [0.29, 0.717) is 0 Å². The van der Waals surface area contributed by atoms with Crippen molar-refractivity contribution in [1.82, 2.24) is 5.32 Å². The maximum absolute atomic E-state index is 13.4. The first-order valence-corrected chi connectivity index (χ1v) is 8.35. The fourth-order valence-corrected chi connectivity index (χ4v) is 3.22. The summed E-state index contributed by atoms with van der Waals surface area (Å²) in [5, 5.41) is 13.9. The molecule has 2 aromatic carbocycles. The first-order chi connectivity index (χ1) is 12.8. The molecule has 1 N–H and O–H groups in total. The van der Waals surface area contributed by atoms with Crippen LogP contribution >= 0.6 is 11.6 Å². The SMILES string of the molecule is O=C1CC(c2ccc(F)c(F)c2)NC(=O)C1Cc1ccc(Cl)cc1[N+](=O)[O-]. The molecule has 9 heteroatoms. The highest BCUT2D eigenvalue weighted by Gasteiger charge is 2.37. The lowest BCUT2D eigenvalue weighted by atomic mass is 9.85. The lowest BCUT2D eigenvalue weighted by Gasteiger charge is -2.28. The predicted octanol–water partition coefficient (Wildman–Crippen LogP) is 3.52. The van der Waals surface area contributed by atoms with E-state index in [-0.39, 0.29) is 34.7 Å². The molecule has 2 aromatic rings. The average Bonchev–Trinajstić information content (AvgIpc) is 2.61. The van der Waals surface area contributed by atoms with E-state index in [2.05, 4.69) is 5.32 Å². The van der Waals surface area contributed by atoms with Crippen LogP contribution in [0.4, 0.5) is 14.5 Å². The second-order valence-electron chi connectivity index (χ2n) is 6.19. The highest BCUT2D eigenvalue weighted by molar-refractivity contribution is 6.30. The predicted molar refractivity (Wildman–Crippen MR) is 92.2 cm³/mol. The molecule has 1 saturated heterocycles. The summed E-state index contributed by atoms with van der Waals surface area (Å²) >= 11 is 5.76. The third-order valence-corrected chi connectivity index (χ3v) is 4.68. The molecule has 1 fully saturated rings. The Balaban J connectivity index is 1.81. The summed E-state index contributed by atoms with van der Waals surface area (Å²) in [6.45, 7) is 0. The van der Waals surface area contributed by atoms with Gasteiger partial charge in [0.1, 0.15) is 11.7 Å². The Bertz CT molecular complexity index is 933. The van der Waals surface area contributed by atoms with Crippen molar-refractivity contribution in [2.24, 2.45) is 5.92 Å². The average molecular weight is 395 g/mol. The molecule has 1 heterocycles. The Morgan fingerprint density at radius 2 is 1.89 bits per heavy atom. The number of carbonyl (C=O) groups is 2. The monoisotopic (exact) mass is 394 g/mol. The van der Waals surface area contributed by atoms with Gasteiger partial charge in [-0.25, -0.2) is 8.78 Å². The Labute approximate surface area is 157 Å². The van der Waals surface area contributed by atoms with Crippen molar-refractivity contribution < 1.29 is 23.3 Å². The van der Waals surface area contributed by atoms with Gasteiger partial charge in [-0.2, -0.15) is 0 Å². The second-order valence-corrected chi connectivity index (χ2v) is 6.63. The van der Waals surface area contributed by atoms with E-state index in [1.54, 1.807) is 0 Å². The number of nitro benzene ring substituents is 1. The number of hydrogen-bond acceptors (Lipinski definition) is 4. The Morgan fingerprint density at radius 1 is 1.15 bits per heavy atom. The largest absolute Gasteiger partial charge is 0.348 e. The zero-order chi connectivity index (χ0) is 19.7. The third kappa shape index (κ3) is 3.95. The minimum atomic E-state index is -1.11. The lowest BCUT2D eigenvalue weighted by Crippen LogP contribution is -2.45. The number of piperidine rings is 1. The number of amides is 1. The van der Waals surface area contributed by atoms with E-state index < -0.39 is 40.2 Å². The van der Waals surface area contributed by atoms with Gasteiger partial charge in [-0.15, -0.1) is 0 Å². The summed E-state index contributed by atoms with van der Waals surface area (Å²) in [7, 11) is 0. The molecule has 2 unspecified atom stereocenters. The topological polar surface area (TPSA) is 89.3 Å². The number of nitrogens with one attached hydrogen (secondary N) is 1. The van der Waals surface area contributed by atoms with E-state index in [9.17, 15) is 28.5 Å². The number of halogens is 3. The lowest BCUT2D eigenvalue weighted by molar-refractivity contribution is -0.385. The second kappa shape index (κ2) is 7.40. The number of carbonyl (C=O) groups excluding carboxylic acids is 2. The maximum Gasteiger partial charge on any atom is 0.274 e. The van der Waals surface area contributed by atoms with Crippen molar-refractivity contribution in [2.45, 2.75) is 18.9 Å². The normalized spacial score (nSPS) is 19.7. The van der Waals surface area contributed by atoms with Crippen LogP contribution in [0, 0.1) is 27.7 Å². The van der Waals surface area contributed by atoms with Gasteiger partial charge < -0.3 is 5.32 Å². The molecule has 0 spiro atoms. The summed E-state index contributed by atoms with van der Waals surface area (Å²) in [5.74, 6) is -4.26. The van der Waals surface area contributed by atoms with Crippen LogP contribution in [0.2, 0.25) is 5.02 Å². The van der Waals surface area contributed by atoms with E-state index in [4.69, 9.17) is 11.6 Å². The van der Waals surface area contributed by atoms with Gasteiger partial charge in [0.2, 0.25) is 5.91 Å². The minimum Gasteiger partial charge on any atom is -0.348 e. The van der Waals surface area contributed by atoms with Crippen LogP contribution < -0.4 is 5.32 Å². The highest BCUT2D eigenvalue weighted by Crippen LogP contribution is 2.30. The molecular formula is C18H13ClF2N2O4. The number of nitrogens with zero attached hydrogens (tertiary/aromatic N) is 1. The molecule has 0 radical (unpaired) electrons. The van der Waals surface area contributed by atoms with Crippen LogP contribution in [0.3, 0.4) is 0 Å². The number of ketones is 1. The molecule has 1 aliphatic heterocycles. The van der Waals surface area contributed by atoms with Crippen molar-refractivity contribution in [2.75, 3.05) is 0 Å². The van der Waals surface area contributed by atoms with Crippen LogP contribution in [0.15, 0.2) is 36.4 Å². The molecule has 0 aromatic heterocycles. The van der Waals surface area contributed by atoms with Gasteiger partial charge >= 0.3 is 0 Å². The highest BCUT2D eigenvalue weighted by atomic mass is 35.5. The summed E-state index contributed by atoms with van der Waals surface area (Å²) in [5.41, 5.74) is 0.210. The number of Topliss-reactive ketones (excluding diaryl/α,β-unsaturated/α-hetero) is 1. The van der Waals surface area contributed by atoms with E-state index >= 15 is 0 Å². The van der Waals surface area contributed by atoms with Gasteiger partial charge in [0, 0.05) is 23.1 Å². The molecular weight excluding hydrogens is 382 g/mol. The van der Waals surface area contributed by atoms with Crippen molar-refractivity contribution in [3.8, 4) is 0 Å². The summed E-state index contributed by atoms with van der Waals surface area (Å²) in [6, 6.07) is 6.37. The van der Waals surface area contributed by atoms with Crippen LogP contribution in [0.5, 0.6) is 0 Å². The fourth-order valence-electron chi connectivity index (χ4n) is 3.05. The molecule has 0 saturated carbocycles. The maximum atomic E-state index is 13.4. The molecule has 0 aliphatic carbocycles. The van der Waals surface area contributed by atoms with E-state index in [1.165, 1.54) is 18.2 Å². The quantitative estimate of drug-likeness (QED) is 0.488. The van der Waals surface area contributed by atoms with Crippen LogP contribution in [-0.4, -0.2) is 16.6 Å². The molecule has 2 atom stereocenters. The molecule has 6 nitrogen and oxygen atoms in total. The van der Waals surface area contributed by atoms with E-state index in [0.717, 1.165) is 18.2 Å². The van der Waals surface area contributed by atoms with Gasteiger partial charge in [0.25, 0.3) is 5.69 Å². The number of nitro groups is 1. The van der Waals surface area contributed by atoms with Gasteiger partial charge in [-0.1, -0.05) is 23.7 Å². The van der Waals surface area contributed by atoms with Gasteiger partial charge in [-0.3, -0.25) is 19.7 Å². The van der Waals surface area contributed by atoms with Crippen molar-refractivity contribution in [1.29, 1.82) is 0 Å². The Morgan fingerprint density at radius 3 is 2.52 bits per heavy atom. The number of benzene rings is 2. The summed E-state index contributed by atoms with van der Waals surface area (Å²) in [4.78, 5) is 35.4. The zero-order valence-electron chi connectivity index (χ0n) is 13.7. The molecule has 1 amide bonds. The zero-order valence-corrected chi connectivity index (χ0v) is 14.5. The first kappa shape index (κ1) is 18.9. The standard InChI is InChI=1S/C18H13ClF2N2O4/c19-11-3-1-10(16(7-11)23(26)27)5-12-17(24)8-15(22-18(12)25)9-2-4-13(20)14(21)6-9/h1-4,6-7,12,15H,5,8H2,(H,22,25). The van der Waals surface area contributed by atoms with Gasteiger partial charge in [-0.05, 0) is 30.2 Å². The Hall–Kier alpha value is -2.87. The molecule has 140 valence electrons. The van der Waals surface area contributed by atoms with Crippen LogP contribution in [0.25, 0.3) is 0 Å². The Kier molecular flexibility index (Phi) is 5.18. The minimum absolute atomic E-state index is 0.122. The molecule has 3 rings (SSSR count). The van der Waals surface area contributed by atoms with Crippen molar-refractivity contribution >= 4 is 29.0 Å². The summed E-state index contributed by atoms with van der Waals surface area (Å²) in [6.07, 6.45) is -0.272. The molecule has 27 heavy (non-hydrogen) atoms.